The number of nitrogens with two attached hydrogens (primary N) is 1. The van der Waals surface area contributed by atoms with Crippen LogP contribution in [0.5, 0.6) is 0 Å². The molecule has 0 unspecified atom stereocenters. The maximum absolute atomic E-state index is 5.95. The van der Waals surface area contributed by atoms with Gasteiger partial charge >= 0.3 is 0 Å². The van der Waals surface area contributed by atoms with E-state index in [1.807, 2.05) is 0 Å². The van der Waals surface area contributed by atoms with Gasteiger partial charge in [-0.05, 0) is 30.7 Å². The summed E-state index contributed by atoms with van der Waals surface area (Å²) >= 11 is 0. The summed E-state index contributed by atoms with van der Waals surface area (Å²) < 4.78 is 5.95. The second kappa shape index (κ2) is 3.63. The summed E-state index contributed by atoms with van der Waals surface area (Å²) in [5, 5.41) is 1.29. The summed E-state index contributed by atoms with van der Waals surface area (Å²) in [6, 6.07) is 6.44. The van der Waals surface area contributed by atoms with Crippen molar-refractivity contribution in [2.75, 3.05) is 0 Å². The van der Waals surface area contributed by atoms with E-state index >= 15 is 0 Å². The van der Waals surface area contributed by atoms with Gasteiger partial charge in [0.05, 0.1) is 6.54 Å². The molecule has 0 spiro atoms. The standard InChI is InChI=1S/C14H17NO/c1-2-9-4-3-5-11-13(10-6-7-10)12(8-15)16-14(9)11/h3-5,10H,2,6-8,15H2,1H3. The molecule has 1 aliphatic rings. The van der Waals surface area contributed by atoms with Crippen LogP contribution in [0.3, 0.4) is 0 Å². The molecule has 3 rings (SSSR count). The van der Waals surface area contributed by atoms with Crippen molar-refractivity contribution < 1.29 is 4.42 Å². The van der Waals surface area contributed by atoms with Crippen LogP contribution in [0.4, 0.5) is 0 Å². The molecule has 2 aromatic rings. The summed E-state index contributed by atoms with van der Waals surface area (Å²) in [6.07, 6.45) is 3.59. The van der Waals surface area contributed by atoms with Crippen molar-refractivity contribution in [1.82, 2.24) is 0 Å². The normalized spacial score (nSPS) is 15.9. The highest BCUT2D eigenvalue weighted by Gasteiger charge is 2.30. The lowest BCUT2D eigenvalue weighted by Gasteiger charge is -1.98. The molecule has 16 heavy (non-hydrogen) atoms. The molecule has 0 atom stereocenters. The summed E-state index contributed by atoms with van der Waals surface area (Å²) in [6.45, 7) is 2.68. The summed E-state index contributed by atoms with van der Waals surface area (Å²) in [7, 11) is 0. The van der Waals surface area contributed by atoms with Crippen molar-refractivity contribution in [3.05, 3.63) is 35.1 Å². The Hall–Kier alpha value is -1.28. The molecular weight excluding hydrogens is 198 g/mol. The van der Waals surface area contributed by atoms with Crippen LogP contribution >= 0.6 is 0 Å². The lowest BCUT2D eigenvalue weighted by molar-refractivity contribution is 0.543. The second-order valence-electron chi connectivity index (χ2n) is 4.56. The average Bonchev–Trinajstić information content (AvgIpc) is 3.08. The molecule has 1 aromatic heterocycles. The smallest absolute Gasteiger partial charge is 0.137 e. The number of benzene rings is 1. The predicted octanol–water partition coefficient (Wildman–Crippen LogP) is 3.33. The summed E-state index contributed by atoms with van der Waals surface area (Å²) in [5.74, 6) is 1.70. The first-order valence-electron chi connectivity index (χ1n) is 6.08. The fraction of sp³-hybridized carbons (Fsp3) is 0.429. The first kappa shape index (κ1) is 9.91. The number of hydrogen-bond acceptors (Lipinski definition) is 2. The van der Waals surface area contributed by atoms with Crippen LogP contribution in [0.2, 0.25) is 0 Å². The zero-order chi connectivity index (χ0) is 11.1. The molecule has 1 aliphatic carbocycles. The van der Waals surface area contributed by atoms with Gasteiger partial charge < -0.3 is 10.2 Å². The van der Waals surface area contributed by atoms with Crippen molar-refractivity contribution >= 4 is 11.0 Å². The van der Waals surface area contributed by atoms with E-state index < -0.39 is 0 Å². The Labute approximate surface area is 95.4 Å². The lowest BCUT2D eigenvalue weighted by Crippen LogP contribution is -1.97. The summed E-state index contributed by atoms with van der Waals surface area (Å²) in [4.78, 5) is 0. The van der Waals surface area contributed by atoms with Crippen LogP contribution in [0.25, 0.3) is 11.0 Å². The Kier molecular flexibility index (Phi) is 2.25. The number of hydrogen-bond donors (Lipinski definition) is 1. The summed E-state index contributed by atoms with van der Waals surface area (Å²) in [5.41, 5.74) is 9.51. The highest BCUT2D eigenvalue weighted by molar-refractivity contribution is 5.86. The lowest BCUT2D eigenvalue weighted by atomic mass is 10.0. The average molecular weight is 215 g/mol. The van der Waals surface area contributed by atoms with E-state index in [4.69, 9.17) is 10.2 Å². The fourth-order valence-electron chi connectivity index (χ4n) is 2.50. The third-order valence-corrected chi connectivity index (χ3v) is 3.46. The van der Waals surface area contributed by atoms with E-state index in [9.17, 15) is 0 Å². The highest BCUT2D eigenvalue weighted by atomic mass is 16.3. The monoisotopic (exact) mass is 215 g/mol. The van der Waals surface area contributed by atoms with Gasteiger partial charge in [0.1, 0.15) is 11.3 Å². The number of furan rings is 1. The van der Waals surface area contributed by atoms with E-state index in [0.717, 1.165) is 17.8 Å². The molecule has 2 N–H and O–H groups in total. The fourth-order valence-corrected chi connectivity index (χ4v) is 2.50. The van der Waals surface area contributed by atoms with E-state index in [2.05, 4.69) is 25.1 Å². The third kappa shape index (κ3) is 1.37. The number of para-hydroxylation sites is 1. The van der Waals surface area contributed by atoms with E-state index in [1.54, 1.807) is 0 Å². The van der Waals surface area contributed by atoms with Crippen LogP contribution in [-0.4, -0.2) is 0 Å². The molecule has 1 aromatic carbocycles. The van der Waals surface area contributed by atoms with Crippen LogP contribution < -0.4 is 5.73 Å². The Morgan fingerprint density at radius 1 is 1.38 bits per heavy atom. The first-order chi connectivity index (χ1) is 7.85. The van der Waals surface area contributed by atoms with Crippen LogP contribution in [0.15, 0.2) is 22.6 Å². The highest BCUT2D eigenvalue weighted by Crippen LogP contribution is 2.46. The first-order valence-corrected chi connectivity index (χ1v) is 6.08. The van der Waals surface area contributed by atoms with Crippen molar-refractivity contribution in [3.8, 4) is 0 Å². The SMILES string of the molecule is CCc1cccc2c(C3CC3)c(CN)oc12. The molecule has 1 saturated carbocycles. The minimum atomic E-state index is 0.518. The molecule has 0 radical (unpaired) electrons. The van der Waals surface area contributed by atoms with Crippen molar-refractivity contribution in [3.63, 3.8) is 0 Å². The maximum atomic E-state index is 5.95. The Balaban J connectivity index is 2.29. The molecule has 0 saturated heterocycles. The molecular formula is C14H17NO. The largest absolute Gasteiger partial charge is 0.459 e. The second-order valence-corrected chi connectivity index (χ2v) is 4.56. The zero-order valence-electron chi connectivity index (χ0n) is 9.62. The molecule has 0 amide bonds. The zero-order valence-corrected chi connectivity index (χ0v) is 9.62. The van der Waals surface area contributed by atoms with Gasteiger partial charge in [0.25, 0.3) is 0 Å². The molecule has 84 valence electrons. The minimum absolute atomic E-state index is 0.518. The van der Waals surface area contributed by atoms with Crippen LogP contribution in [-0.2, 0) is 13.0 Å². The van der Waals surface area contributed by atoms with E-state index in [1.165, 1.54) is 29.4 Å². The molecule has 1 fully saturated rings. The molecule has 1 heterocycles. The van der Waals surface area contributed by atoms with Gasteiger partial charge in [-0.2, -0.15) is 0 Å². The Morgan fingerprint density at radius 3 is 2.81 bits per heavy atom. The Bertz CT molecular complexity index is 523. The number of rotatable bonds is 3. The van der Waals surface area contributed by atoms with E-state index in [0.29, 0.717) is 12.5 Å². The quantitative estimate of drug-likeness (QED) is 0.853. The van der Waals surface area contributed by atoms with Gasteiger partial charge in [-0.1, -0.05) is 25.1 Å². The molecule has 2 nitrogen and oxygen atoms in total. The van der Waals surface area contributed by atoms with Crippen molar-refractivity contribution in [1.29, 1.82) is 0 Å². The van der Waals surface area contributed by atoms with Gasteiger partial charge in [0.15, 0.2) is 0 Å². The molecule has 0 aliphatic heterocycles. The van der Waals surface area contributed by atoms with Crippen molar-refractivity contribution in [2.24, 2.45) is 5.73 Å². The van der Waals surface area contributed by atoms with Gasteiger partial charge in [-0.15, -0.1) is 0 Å². The topological polar surface area (TPSA) is 39.2 Å². The number of aryl methyl sites for hydroxylation is 1. The predicted molar refractivity (Wildman–Crippen MR) is 65.5 cm³/mol. The number of fused-ring (bicyclic) bond motifs is 1. The third-order valence-electron chi connectivity index (χ3n) is 3.46. The molecule has 0 bridgehead atoms. The Morgan fingerprint density at radius 2 is 2.19 bits per heavy atom. The van der Waals surface area contributed by atoms with Crippen LogP contribution in [0.1, 0.15) is 42.6 Å². The molecule has 2 heteroatoms. The van der Waals surface area contributed by atoms with Gasteiger partial charge in [-0.25, -0.2) is 0 Å². The van der Waals surface area contributed by atoms with Crippen molar-refractivity contribution in [2.45, 2.75) is 38.6 Å². The maximum Gasteiger partial charge on any atom is 0.137 e. The van der Waals surface area contributed by atoms with E-state index in [-0.39, 0.29) is 0 Å². The van der Waals surface area contributed by atoms with Gasteiger partial charge in [-0.3, -0.25) is 0 Å². The van der Waals surface area contributed by atoms with Crippen LogP contribution in [0, 0.1) is 0 Å². The van der Waals surface area contributed by atoms with Gasteiger partial charge in [0, 0.05) is 10.9 Å². The minimum Gasteiger partial charge on any atom is -0.459 e. The van der Waals surface area contributed by atoms with Gasteiger partial charge in [0.2, 0.25) is 0 Å².